The first kappa shape index (κ1) is 10.3. The number of nitrogens with zero attached hydrogens (tertiary/aromatic N) is 1. The van der Waals surface area contributed by atoms with Crippen LogP contribution in [0.3, 0.4) is 0 Å². The second-order valence-electron chi connectivity index (χ2n) is 2.62. The first-order valence-corrected chi connectivity index (χ1v) is 4.83. The van der Waals surface area contributed by atoms with E-state index in [1.165, 1.54) is 0 Å². The number of aliphatic hydroxyl groups is 1. The molecule has 0 saturated carbocycles. The molecule has 1 atom stereocenters. The van der Waals surface area contributed by atoms with Crippen molar-refractivity contribution in [1.82, 2.24) is 4.90 Å². The molecule has 0 aromatic carbocycles. The molecular weight excluding hydrogens is 242 g/mol. The van der Waals surface area contributed by atoms with Gasteiger partial charge >= 0.3 is 0 Å². The van der Waals surface area contributed by atoms with Gasteiger partial charge in [0.2, 0.25) is 11.8 Å². The average molecular weight is 250 g/mol. The largest absolute Gasteiger partial charge is 0.383 e. The van der Waals surface area contributed by atoms with Gasteiger partial charge in [0, 0.05) is 11.8 Å². The van der Waals surface area contributed by atoms with E-state index in [1.807, 2.05) is 0 Å². The molecule has 5 nitrogen and oxygen atoms in total. The molecule has 1 heterocycles. The Bertz CT molecular complexity index is 265. The summed E-state index contributed by atoms with van der Waals surface area (Å²) in [6.45, 7) is 0. The zero-order valence-corrected chi connectivity index (χ0v) is 8.28. The van der Waals surface area contributed by atoms with Gasteiger partial charge in [-0.1, -0.05) is 15.9 Å². The zero-order valence-electron chi connectivity index (χ0n) is 6.70. The highest BCUT2D eigenvalue weighted by Gasteiger charge is 2.40. The number of hydrogen-bond acceptors (Lipinski definition) is 4. The Balaban J connectivity index is 2.74. The fraction of sp³-hybridized carbons (Fsp3) is 0.571. The highest BCUT2D eigenvalue weighted by molar-refractivity contribution is 9.09. The summed E-state index contributed by atoms with van der Waals surface area (Å²) in [5.41, 5.74) is 0. The van der Waals surface area contributed by atoms with Crippen LogP contribution in [0.4, 0.5) is 0 Å². The van der Waals surface area contributed by atoms with Crippen LogP contribution in [0.2, 0.25) is 0 Å². The van der Waals surface area contributed by atoms with Crippen molar-refractivity contribution in [1.29, 1.82) is 0 Å². The first-order valence-electron chi connectivity index (χ1n) is 3.71. The highest BCUT2D eigenvalue weighted by Crippen LogP contribution is 2.14. The third-order valence-corrected chi connectivity index (χ3v) is 2.08. The average Bonchev–Trinajstić information content (AvgIpc) is 2.27. The van der Waals surface area contributed by atoms with Crippen LogP contribution in [0.5, 0.6) is 0 Å². The number of hydrogen-bond donors (Lipinski definition) is 1. The van der Waals surface area contributed by atoms with Gasteiger partial charge in [-0.2, -0.15) is 0 Å². The lowest BCUT2D eigenvalue weighted by Gasteiger charge is -2.10. The predicted molar refractivity (Wildman–Crippen MR) is 45.9 cm³/mol. The van der Waals surface area contributed by atoms with Crippen LogP contribution in [0.1, 0.15) is 12.8 Å². The molecule has 1 saturated heterocycles. The fourth-order valence-electron chi connectivity index (χ4n) is 1.07. The highest BCUT2D eigenvalue weighted by atomic mass is 79.9. The molecule has 0 aromatic rings. The summed E-state index contributed by atoms with van der Waals surface area (Å²) >= 11 is 3.02. The second-order valence-corrected chi connectivity index (χ2v) is 3.41. The van der Waals surface area contributed by atoms with Gasteiger partial charge < -0.3 is 5.11 Å². The first-order chi connectivity index (χ1) is 6.07. The maximum atomic E-state index is 11.2. The lowest BCUT2D eigenvalue weighted by molar-refractivity contribution is -0.150. The number of carbonyl (C=O) groups excluding carboxylic acids is 3. The molecule has 1 unspecified atom stereocenters. The number of carbonyl (C=O) groups is 3. The molecule has 72 valence electrons. The van der Waals surface area contributed by atoms with Crippen molar-refractivity contribution in [2.45, 2.75) is 18.9 Å². The van der Waals surface area contributed by atoms with E-state index in [4.69, 9.17) is 5.11 Å². The van der Waals surface area contributed by atoms with Crippen LogP contribution in [0, 0.1) is 0 Å². The van der Waals surface area contributed by atoms with Crippen molar-refractivity contribution < 1.29 is 19.5 Å². The minimum absolute atomic E-state index is 0.0736. The van der Waals surface area contributed by atoms with E-state index in [0.29, 0.717) is 10.2 Å². The van der Waals surface area contributed by atoms with Gasteiger partial charge in [-0.3, -0.25) is 14.4 Å². The molecule has 0 bridgehead atoms. The number of aliphatic hydroxyl groups excluding tert-OH is 1. The lowest BCUT2D eigenvalue weighted by Crippen LogP contribution is -2.37. The van der Waals surface area contributed by atoms with E-state index < -0.39 is 23.8 Å². The molecule has 0 aromatic heterocycles. The third-order valence-electron chi connectivity index (χ3n) is 1.68. The maximum Gasteiger partial charge on any atom is 0.265 e. The van der Waals surface area contributed by atoms with Gasteiger partial charge in [0.1, 0.15) is 6.10 Å². The van der Waals surface area contributed by atoms with E-state index in [9.17, 15) is 14.4 Å². The molecule has 0 aliphatic carbocycles. The van der Waals surface area contributed by atoms with Crippen LogP contribution in [-0.4, -0.2) is 39.2 Å². The van der Waals surface area contributed by atoms with E-state index in [-0.39, 0.29) is 12.8 Å². The summed E-state index contributed by atoms with van der Waals surface area (Å²) in [5, 5.41) is 9.37. The van der Waals surface area contributed by atoms with Crippen molar-refractivity contribution in [3.05, 3.63) is 0 Å². The molecule has 1 aliphatic heterocycles. The Morgan fingerprint density at radius 1 is 1.62 bits per heavy atom. The Morgan fingerprint density at radius 2 is 2.23 bits per heavy atom. The van der Waals surface area contributed by atoms with E-state index in [1.54, 1.807) is 0 Å². The SMILES string of the molecule is O=C(CCBr)N1C(=O)CC(O)C1=O. The molecule has 1 fully saturated rings. The normalized spacial score (nSPS) is 22.6. The van der Waals surface area contributed by atoms with Crippen molar-refractivity contribution in [3.63, 3.8) is 0 Å². The molecule has 1 rings (SSSR count). The van der Waals surface area contributed by atoms with Crippen molar-refractivity contribution in [2.75, 3.05) is 5.33 Å². The Hall–Kier alpha value is -0.750. The van der Waals surface area contributed by atoms with Crippen LogP contribution in [0.25, 0.3) is 0 Å². The molecule has 6 heteroatoms. The Morgan fingerprint density at radius 3 is 2.62 bits per heavy atom. The van der Waals surface area contributed by atoms with Crippen LogP contribution < -0.4 is 0 Å². The fourth-order valence-corrected chi connectivity index (χ4v) is 1.41. The molecule has 13 heavy (non-hydrogen) atoms. The van der Waals surface area contributed by atoms with Gasteiger partial charge in [-0.25, -0.2) is 4.90 Å². The number of alkyl halides is 1. The summed E-state index contributed by atoms with van der Waals surface area (Å²) < 4.78 is 0. The standard InChI is InChI=1S/C7H8BrNO4/c8-2-1-5(11)9-6(12)3-4(10)7(9)13/h4,10H,1-3H2. The van der Waals surface area contributed by atoms with E-state index in [0.717, 1.165) is 0 Å². The molecule has 1 N–H and O–H groups in total. The summed E-state index contributed by atoms with van der Waals surface area (Å²) in [6, 6.07) is 0. The summed E-state index contributed by atoms with van der Waals surface area (Å²) in [4.78, 5) is 33.7. The lowest BCUT2D eigenvalue weighted by atomic mass is 10.3. The monoisotopic (exact) mass is 249 g/mol. The zero-order chi connectivity index (χ0) is 10.0. The van der Waals surface area contributed by atoms with Crippen molar-refractivity contribution >= 4 is 33.7 Å². The van der Waals surface area contributed by atoms with Crippen molar-refractivity contribution in [3.8, 4) is 0 Å². The van der Waals surface area contributed by atoms with Gasteiger partial charge in [-0.05, 0) is 0 Å². The Labute approximate surface area is 82.8 Å². The topological polar surface area (TPSA) is 74.7 Å². The maximum absolute atomic E-state index is 11.2. The molecule has 3 amide bonds. The van der Waals surface area contributed by atoms with Gasteiger partial charge in [0.05, 0.1) is 6.42 Å². The smallest absolute Gasteiger partial charge is 0.265 e. The van der Waals surface area contributed by atoms with E-state index in [2.05, 4.69) is 15.9 Å². The Kier molecular flexibility index (Phi) is 3.16. The molecular formula is C7H8BrNO4. The number of halogens is 1. The minimum atomic E-state index is -1.34. The molecule has 1 aliphatic rings. The number of rotatable bonds is 2. The second kappa shape index (κ2) is 3.97. The number of likely N-dealkylation sites (tertiary alicyclic amines) is 1. The summed E-state index contributed by atoms with van der Waals surface area (Å²) in [7, 11) is 0. The molecule has 0 spiro atoms. The molecule has 0 radical (unpaired) electrons. The predicted octanol–water partition coefficient (Wildman–Crippen LogP) is -0.582. The quantitative estimate of drug-likeness (QED) is 0.525. The summed E-state index contributed by atoms with van der Waals surface area (Å²) in [6.07, 6.45) is -1.55. The minimum Gasteiger partial charge on any atom is -0.383 e. The van der Waals surface area contributed by atoms with Gasteiger partial charge in [0.15, 0.2) is 0 Å². The third kappa shape index (κ3) is 1.94. The van der Waals surface area contributed by atoms with Gasteiger partial charge in [0.25, 0.3) is 5.91 Å². The van der Waals surface area contributed by atoms with Crippen LogP contribution in [0.15, 0.2) is 0 Å². The number of amides is 3. The van der Waals surface area contributed by atoms with E-state index >= 15 is 0 Å². The van der Waals surface area contributed by atoms with Crippen molar-refractivity contribution in [2.24, 2.45) is 0 Å². The summed E-state index contributed by atoms with van der Waals surface area (Å²) in [5.74, 6) is -2.00. The van der Waals surface area contributed by atoms with Crippen LogP contribution in [-0.2, 0) is 14.4 Å². The van der Waals surface area contributed by atoms with Crippen LogP contribution >= 0.6 is 15.9 Å². The number of imide groups is 3. The van der Waals surface area contributed by atoms with Gasteiger partial charge in [-0.15, -0.1) is 0 Å².